The van der Waals surface area contributed by atoms with Gasteiger partial charge in [-0.05, 0) is 58.3 Å². The van der Waals surface area contributed by atoms with Crippen molar-refractivity contribution in [1.29, 1.82) is 0 Å². The van der Waals surface area contributed by atoms with Crippen LogP contribution in [0.25, 0.3) is 0 Å². The lowest BCUT2D eigenvalue weighted by Crippen LogP contribution is -2.67. The maximum absolute atomic E-state index is 13.9. The lowest BCUT2D eigenvalue weighted by molar-refractivity contribution is -0.153. The van der Waals surface area contributed by atoms with E-state index in [9.17, 15) is 113 Å². The van der Waals surface area contributed by atoms with Gasteiger partial charge in [-0.2, -0.15) is 0 Å². The summed E-state index contributed by atoms with van der Waals surface area (Å²) >= 11 is 0. The topological polar surface area (TPSA) is 579 Å². The van der Waals surface area contributed by atoms with E-state index in [0.717, 1.165) is 44.9 Å². The zero-order valence-electron chi connectivity index (χ0n) is 66.1. The third kappa shape index (κ3) is 39.5. The Morgan fingerprint density at radius 2 is 0.558 bits per heavy atom. The van der Waals surface area contributed by atoms with Crippen molar-refractivity contribution in [3.05, 3.63) is 0 Å². The number of rotatable bonds is 57. The lowest BCUT2D eigenvalue weighted by atomic mass is 9.92. The van der Waals surface area contributed by atoms with Gasteiger partial charge in [0.25, 0.3) is 0 Å². The summed E-state index contributed by atoms with van der Waals surface area (Å²) in [6, 6.07) is -6.25. The van der Waals surface area contributed by atoms with Crippen LogP contribution in [0.2, 0.25) is 0 Å². The van der Waals surface area contributed by atoms with E-state index in [1.165, 1.54) is 35.5 Å². The quantitative estimate of drug-likeness (QED) is 0.0252. The molecule has 0 aromatic rings. The molecule has 3 aliphatic heterocycles. The van der Waals surface area contributed by atoms with Gasteiger partial charge in [0.2, 0.25) is 76.8 Å². The molecule has 3 aliphatic rings. The van der Waals surface area contributed by atoms with Gasteiger partial charge in [-0.3, -0.25) is 62.3 Å². The number of hydrogen-bond donors (Lipinski definition) is 19. The van der Waals surface area contributed by atoms with Gasteiger partial charge in [0.1, 0.15) is 47.9 Å². The van der Waals surface area contributed by atoms with Gasteiger partial charge in [-0.15, -0.1) is 0 Å². The molecule has 39 heteroatoms. The maximum Gasteiger partial charge on any atom is 0.223 e. The second-order valence-electron chi connectivity index (χ2n) is 29.2. The summed E-state index contributed by atoms with van der Waals surface area (Å²) in [5.74, 6) is -5.51. The Morgan fingerprint density at radius 3 is 0.814 bits per heavy atom. The van der Waals surface area contributed by atoms with Gasteiger partial charge < -0.3 is 133 Å². The van der Waals surface area contributed by atoms with Crippen molar-refractivity contribution in [2.75, 3.05) is 118 Å². The van der Waals surface area contributed by atoms with Crippen molar-refractivity contribution in [2.24, 2.45) is 0 Å². The number of carbonyl (C=O) groups is 14. The minimum Gasteiger partial charge on any atom is -0.394 e. The van der Waals surface area contributed by atoms with Gasteiger partial charge in [0, 0.05) is 150 Å². The smallest absolute Gasteiger partial charge is 0.223 e. The number of piperidine rings is 3. The molecule has 0 aliphatic carbocycles. The predicted molar refractivity (Wildman–Crippen MR) is 404 cm³/mol. The fraction of sp³-hybridized carbons (Fsp3) is 0.811. The predicted octanol–water partition coefficient (Wildman–Crippen LogP) is -5.78. The molecular weight excluding hydrogens is 1490 g/mol. The molecule has 12 atom stereocenters. The molecule has 3 fully saturated rings. The van der Waals surface area contributed by atoms with E-state index in [1.807, 2.05) is 0 Å². The number of hydrogen-bond acceptors (Lipinski definition) is 26. The standard InChI is InChI=1S/C74H129N13O26/c1-48(91)19-11-9-7-5-6-8-10-12-20-64(101)84-74(45-111-36-27-61(98)78-33-16-30-75-58(95)21-13-24-65(102)85-39-52(81-49(2)92)68(105)71(108)55(85)42-88,46-112-37-28-62(99)79-34-17-31-76-59(96)22-14-25-66(103)86-40-53(82-50(3)93)69(106)72(109)56(86)43-89)47-113-38-29-63(100)80-35-18-32-77-60(97)23-15-26-67(104)87-41-54(83-51(4)94)70(107)73(110)57(87)44-90/h52-57,68-73,88-90,105-110H,5-47H2,1-4H3,(H,75,95)(H,76,96)(H,77,97)(H,78,98)(H,79,99)(H,80,100)(H,81,92)(H,82,93)(H,83,94)(H,84,101)/t52?,53?,54?,55?,56?,57?,68-,69-,70-,71+,72+,73+,74?/m1/s1. The minimum absolute atomic E-state index is 0.0445. The van der Waals surface area contributed by atoms with Crippen molar-refractivity contribution in [3.8, 4) is 0 Å². The zero-order chi connectivity index (χ0) is 83.8. The van der Waals surface area contributed by atoms with Crippen molar-refractivity contribution in [1.82, 2.24) is 67.9 Å². The van der Waals surface area contributed by atoms with Crippen molar-refractivity contribution < 1.29 is 127 Å². The monoisotopic (exact) mass is 1620 g/mol. The summed E-state index contributed by atoms with van der Waals surface area (Å²) in [4.78, 5) is 180. The second-order valence-corrected chi connectivity index (χ2v) is 29.2. The van der Waals surface area contributed by atoms with E-state index in [-0.39, 0.29) is 211 Å². The number of nitrogens with one attached hydrogen (secondary N) is 10. The summed E-state index contributed by atoms with van der Waals surface area (Å²) in [5.41, 5.74) is -1.45. The fourth-order valence-corrected chi connectivity index (χ4v) is 13.4. The Bertz CT molecular complexity index is 2710. The van der Waals surface area contributed by atoms with E-state index in [0.29, 0.717) is 32.1 Å². The number of ketones is 1. The van der Waals surface area contributed by atoms with E-state index in [1.54, 1.807) is 6.92 Å². The van der Waals surface area contributed by atoms with Crippen LogP contribution in [0, 0.1) is 0 Å². The van der Waals surface area contributed by atoms with Crippen LogP contribution in [0.15, 0.2) is 0 Å². The van der Waals surface area contributed by atoms with Crippen LogP contribution in [0.3, 0.4) is 0 Å². The van der Waals surface area contributed by atoms with Gasteiger partial charge in [0.15, 0.2) is 0 Å². The van der Waals surface area contributed by atoms with Gasteiger partial charge in [-0.25, -0.2) is 0 Å². The first kappa shape index (κ1) is 99.5. The highest BCUT2D eigenvalue weighted by Crippen LogP contribution is 2.25. The van der Waals surface area contributed by atoms with Crippen molar-refractivity contribution in [2.45, 2.75) is 267 Å². The molecular formula is C74H129N13O26. The minimum atomic E-state index is -1.52. The zero-order valence-corrected chi connectivity index (χ0v) is 66.1. The van der Waals surface area contributed by atoms with Crippen LogP contribution in [0.1, 0.15) is 188 Å². The summed E-state index contributed by atoms with van der Waals surface area (Å²) in [7, 11) is 0. The molecule has 3 rings (SSSR count). The molecule has 3 saturated heterocycles. The number of nitrogens with zero attached hydrogens (tertiary/aromatic N) is 3. The molecule has 113 heavy (non-hydrogen) atoms. The third-order valence-corrected chi connectivity index (χ3v) is 19.6. The summed E-state index contributed by atoms with van der Waals surface area (Å²) in [6.45, 7) is 2.56. The molecule has 0 aromatic heterocycles. The number of unbranched alkanes of at least 4 members (excludes halogenated alkanes) is 7. The Labute approximate surface area is 660 Å². The van der Waals surface area contributed by atoms with Crippen LogP contribution in [-0.2, 0) is 81.3 Å². The van der Waals surface area contributed by atoms with Gasteiger partial charge in [-0.1, -0.05) is 38.5 Å². The maximum atomic E-state index is 13.9. The third-order valence-electron chi connectivity index (χ3n) is 19.6. The number of likely N-dealkylation sites (tertiary alicyclic amines) is 3. The Kier molecular flexibility index (Phi) is 49.1. The highest BCUT2D eigenvalue weighted by Gasteiger charge is 2.47. The van der Waals surface area contributed by atoms with Crippen LogP contribution < -0.4 is 53.2 Å². The number of Topliss-reactive ketones (excluding diaryl/α,β-unsaturated/α-hetero) is 1. The average Bonchev–Trinajstić information content (AvgIpc) is 0.792. The molecule has 0 spiro atoms. The molecule has 39 nitrogen and oxygen atoms in total. The Hall–Kier alpha value is -7.70. The van der Waals surface area contributed by atoms with Gasteiger partial charge in [0.05, 0.1) is 95.7 Å². The SMILES string of the molecule is CC(=O)CCCCCCCCCCC(=O)NC(COCCC(=O)NCCCNC(=O)CCCC(=O)N1CC(NC(C)=O)[C@@H](O)[C@@H](O)C1CO)(COCCC(=O)NCCCNC(=O)CCCC(=O)N1CC(NC(C)=O)[C@@H](O)[C@@H](O)C1CO)COCCC(=O)NCCCNC(=O)CCCC(=O)N1CC(NC(C)=O)[C@@H](O)[C@@H](O)C1CO. The molecule has 13 amide bonds. The average molecular weight is 1620 g/mol. The van der Waals surface area contributed by atoms with E-state index in [4.69, 9.17) is 14.2 Å². The number of amides is 13. The molecule has 0 aromatic carbocycles. The number of aliphatic hydroxyl groups excluding tert-OH is 9. The first-order valence-corrected chi connectivity index (χ1v) is 39.6. The number of aliphatic hydroxyl groups is 9. The van der Waals surface area contributed by atoms with E-state index < -0.39 is 151 Å². The van der Waals surface area contributed by atoms with Crippen LogP contribution >= 0.6 is 0 Å². The van der Waals surface area contributed by atoms with Crippen molar-refractivity contribution in [3.63, 3.8) is 0 Å². The fourth-order valence-electron chi connectivity index (χ4n) is 13.4. The van der Waals surface area contributed by atoms with Crippen LogP contribution in [-0.4, -0.2) is 340 Å². The first-order chi connectivity index (χ1) is 53.9. The molecule has 6 unspecified atom stereocenters. The molecule has 646 valence electrons. The number of carbonyl (C=O) groups excluding carboxylic acids is 14. The van der Waals surface area contributed by atoms with E-state index in [2.05, 4.69) is 53.2 Å². The Balaban J connectivity index is 1.59. The highest BCUT2D eigenvalue weighted by atomic mass is 16.5. The summed E-state index contributed by atoms with van der Waals surface area (Å²) < 4.78 is 18.2. The van der Waals surface area contributed by atoms with Crippen molar-refractivity contribution >= 4 is 82.6 Å². The van der Waals surface area contributed by atoms with Gasteiger partial charge >= 0.3 is 0 Å². The van der Waals surface area contributed by atoms with E-state index >= 15 is 0 Å². The normalized spacial score (nSPS) is 22.0. The first-order valence-electron chi connectivity index (χ1n) is 39.6. The Morgan fingerprint density at radius 1 is 0.310 bits per heavy atom. The lowest BCUT2D eigenvalue weighted by Gasteiger charge is -2.45. The summed E-state index contributed by atoms with van der Waals surface area (Å²) in [5, 5.41) is 119. The van der Waals surface area contributed by atoms with Crippen LogP contribution in [0.5, 0.6) is 0 Å². The van der Waals surface area contributed by atoms with Crippen LogP contribution in [0.4, 0.5) is 0 Å². The molecule has 0 radical (unpaired) electrons. The number of ether oxygens (including phenoxy) is 3. The largest absolute Gasteiger partial charge is 0.394 e. The second kappa shape index (κ2) is 55.7. The molecule has 3 heterocycles. The highest BCUT2D eigenvalue weighted by molar-refractivity contribution is 5.83. The molecule has 0 saturated carbocycles. The molecule has 0 bridgehead atoms. The summed E-state index contributed by atoms with van der Waals surface area (Å²) in [6.07, 6.45) is -0.908. The molecule has 19 N–H and O–H groups in total.